The molecule has 0 aliphatic heterocycles. The molecule has 0 aliphatic rings. The Bertz CT molecular complexity index is 500. The zero-order chi connectivity index (χ0) is 13.2. The Morgan fingerprint density at radius 3 is 2.11 bits per heavy atom. The Balaban J connectivity index is 2.26. The molecule has 0 unspecified atom stereocenters. The van der Waals surface area contributed by atoms with Crippen molar-refractivity contribution in [2.45, 2.75) is 26.3 Å². The molecular formula is C15H17N2O. The summed E-state index contributed by atoms with van der Waals surface area (Å²) < 4.78 is 0. The van der Waals surface area contributed by atoms with Crippen LogP contribution in [0.25, 0.3) is 11.1 Å². The van der Waals surface area contributed by atoms with Gasteiger partial charge in [-0.15, -0.1) is 0 Å². The smallest absolute Gasteiger partial charge is 0.156 e. The molecular weight excluding hydrogens is 224 g/mol. The zero-order valence-electron chi connectivity index (χ0n) is 10.9. The minimum Gasteiger partial charge on any atom is -0.236 e. The summed E-state index contributed by atoms with van der Waals surface area (Å²) >= 11 is 0. The van der Waals surface area contributed by atoms with Gasteiger partial charge >= 0.3 is 0 Å². The van der Waals surface area contributed by atoms with Gasteiger partial charge in [-0.3, -0.25) is 0 Å². The van der Waals surface area contributed by atoms with Gasteiger partial charge in [0.25, 0.3) is 0 Å². The molecule has 0 bridgehead atoms. The number of pyridine rings is 1. The molecule has 18 heavy (non-hydrogen) atoms. The van der Waals surface area contributed by atoms with E-state index in [-0.39, 0.29) is 0 Å². The van der Waals surface area contributed by atoms with E-state index >= 15 is 0 Å². The Labute approximate surface area is 108 Å². The van der Waals surface area contributed by atoms with Gasteiger partial charge in [0, 0.05) is 11.8 Å². The zero-order valence-corrected chi connectivity index (χ0v) is 10.9. The van der Waals surface area contributed by atoms with Gasteiger partial charge < -0.3 is 0 Å². The fourth-order valence-corrected chi connectivity index (χ4v) is 1.65. The molecule has 1 aromatic heterocycles. The molecule has 0 N–H and O–H groups in total. The van der Waals surface area contributed by atoms with Crippen LogP contribution in [0, 0.1) is 0 Å². The second-order valence-electron chi connectivity index (χ2n) is 5.24. The van der Waals surface area contributed by atoms with Crippen LogP contribution in [0.4, 0.5) is 5.82 Å². The van der Waals surface area contributed by atoms with Crippen molar-refractivity contribution in [2.75, 3.05) is 5.06 Å². The highest BCUT2D eigenvalue weighted by molar-refractivity contribution is 5.63. The van der Waals surface area contributed by atoms with Gasteiger partial charge in [0.1, 0.15) is 0 Å². The molecule has 93 valence electrons. The van der Waals surface area contributed by atoms with E-state index < -0.39 is 5.54 Å². The number of rotatable bonds is 2. The van der Waals surface area contributed by atoms with Crippen molar-refractivity contribution < 1.29 is 5.21 Å². The molecule has 0 atom stereocenters. The largest absolute Gasteiger partial charge is 0.236 e. The molecule has 1 radical (unpaired) electrons. The van der Waals surface area contributed by atoms with Gasteiger partial charge in [-0.25, -0.2) is 4.98 Å². The highest BCUT2D eigenvalue weighted by Crippen LogP contribution is 2.23. The average Bonchev–Trinajstić information content (AvgIpc) is 2.38. The number of hydroxylamine groups is 1. The quantitative estimate of drug-likeness (QED) is 0.751. The fourth-order valence-electron chi connectivity index (χ4n) is 1.65. The van der Waals surface area contributed by atoms with Crippen LogP contribution in [-0.4, -0.2) is 10.5 Å². The van der Waals surface area contributed by atoms with Crippen molar-refractivity contribution >= 4 is 5.82 Å². The second-order valence-corrected chi connectivity index (χ2v) is 5.24. The third-order valence-electron chi connectivity index (χ3n) is 2.67. The maximum atomic E-state index is 12.0. The number of anilines is 1. The van der Waals surface area contributed by atoms with Crippen LogP contribution in [0.1, 0.15) is 20.8 Å². The average molecular weight is 241 g/mol. The van der Waals surface area contributed by atoms with Crippen molar-refractivity contribution in [1.29, 1.82) is 0 Å². The van der Waals surface area contributed by atoms with E-state index in [0.29, 0.717) is 5.82 Å². The van der Waals surface area contributed by atoms with Crippen molar-refractivity contribution in [3.05, 3.63) is 48.7 Å². The molecule has 0 amide bonds. The third-order valence-corrected chi connectivity index (χ3v) is 2.67. The standard InChI is InChI=1S/C15H17N2O/c1-15(2,3)17(18)14-10-9-13(11-16-14)12-7-5-4-6-8-12/h4-11H,1-3H3. The first-order valence-electron chi connectivity index (χ1n) is 5.97. The van der Waals surface area contributed by atoms with Gasteiger partial charge in [0.15, 0.2) is 5.82 Å². The minimum atomic E-state index is -0.471. The van der Waals surface area contributed by atoms with Gasteiger partial charge in [-0.1, -0.05) is 35.5 Å². The minimum absolute atomic E-state index is 0.446. The Kier molecular flexibility index (Phi) is 3.34. The molecule has 2 rings (SSSR count). The first-order valence-corrected chi connectivity index (χ1v) is 5.97. The summed E-state index contributed by atoms with van der Waals surface area (Å²) in [5.41, 5.74) is 1.65. The second kappa shape index (κ2) is 4.78. The van der Waals surface area contributed by atoms with Crippen molar-refractivity contribution in [3.8, 4) is 11.1 Å². The number of nitrogens with zero attached hydrogens (tertiary/aromatic N) is 2. The third kappa shape index (κ3) is 2.68. The van der Waals surface area contributed by atoms with Crippen molar-refractivity contribution in [2.24, 2.45) is 0 Å². The predicted octanol–water partition coefficient (Wildman–Crippen LogP) is 3.70. The molecule has 0 saturated carbocycles. The summed E-state index contributed by atoms with van der Waals surface area (Å²) in [6.07, 6.45) is 1.74. The number of hydrogen-bond donors (Lipinski definition) is 0. The summed E-state index contributed by atoms with van der Waals surface area (Å²) in [6.45, 7) is 5.60. The fraction of sp³-hybridized carbons (Fsp3) is 0.267. The summed E-state index contributed by atoms with van der Waals surface area (Å²) in [4.78, 5) is 4.23. The van der Waals surface area contributed by atoms with E-state index in [9.17, 15) is 5.21 Å². The maximum Gasteiger partial charge on any atom is 0.156 e. The Morgan fingerprint density at radius 2 is 1.61 bits per heavy atom. The molecule has 0 fully saturated rings. The summed E-state index contributed by atoms with van der Waals surface area (Å²) in [5, 5.41) is 12.9. The number of benzene rings is 1. The van der Waals surface area contributed by atoms with Crippen LogP contribution in [0.2, 0.25) is 0 Å². The lowest BCUT2D eigenvalue weighted by Gasteiger charge is -2.27. The summed E-state index contributed by atoms with van der Waals surface area (Å²) in [5.74, 6) is 0.446. The van der Waals surface area contributed by atoms with E-state index in [1.54, 1.807) is 12.3 Å². The summed E-state index contributed by atoms with van der Waals surface area (Å²) in [6, 6.07) is 13.7. The van der Waals surface area contributed by atoms with E-state index in [4.69, 9.17) is 0 Å². The lowest BCUT2D eigenvalue weighted by molar-refractivity contribution is 0.0996. The van der Waals surface area contributed by atoms with E-state index in [2.05, 4.69) is 4.98 Å². The lowest BCUT2D eigenvalue weighted by Crippen LogP contribution is -2.37. The molecule has 0 aliphatic carbocycles. The predicted molar refractivity (Wildman–Crippen MR) is 72.6 cm³/mol. The van der Waals surface area contributed by atoms with Crippen LogP contribution in [0.3, 0.4) is 0 Å². The highest BCUT2D eigenvalue weighted by atomic mass is 16.5. The van der Waals surface area contributed by atoms with Crippen LogP contribution >= 0.6 is 0 Å². The van der Waals surface area contributed by atoms with Crippen LogP contribution in [0.15, 0.2) is 48.7 Å². The van der Waals surface area contributed by atoms with E-state index in [0.717, 1.165) is 16.2 Å². The Hall–Kier alpha value is -1.87. The molecule has 2 aromatic rings. The van der Waals surface area contributed by atoms with Gasteiger partial charge in [-0.2, -0.15) is 5.06 Å². The molecule has 3 nitrogen and oxygen atoms in total. The first kappa shape index (κ1) is 12.6. The van der Waals surface area contributed by atoms with Crippen molar-refractivity contribution in [3.63, 3.8) is 0 Å². The van der Waals surface area contributed by atoms with Gasteiger partial charge in [-0.05, 0) is 38.5 Å². The summed E-state index contributed by atoms with van der Waals surface area (Å²) in [7, 11) is 0. The first-order chi connectivity index (χ1) is 8.48. The molecule has 1 aromatic carbocycles. The monoisotopic (exact) mass is 241 g/mol. The number of hydrogen-bond acceptors (Lipinski definition) is 2. The topological polar surface area (TPSA) is 36.0 Å². The molecule has 0 spiro atoms. The maximum absolute atomic E-state index is 12.0. The van der Waals surface area contributed by atoms with Crippen LogP contribution in [-0.2, 0) is 5.21 Å². The van der Waals surface area contributed by atoms with Crippen LogP contribution in [0.5, 0.6) is 0 Å². The van der Waals surface area contributed by atoms with E-state index in [1.807, 2.05) is 57.2 Å². The van der Waals surface area contributed by atoms with E-state index in [1.165, 1.54) is 0 Å². The number of aromatic nitrogens is 1. The molecule has 3 heteroatoms. The lowest BCUT2D eigenvalue weighted by atomic mass is 10.1. The molecule has 0 saturated heterocycles. The van der Waals surface area contributed by atoms with Crippen molar-refractivity contribution in [1.82, 2.24) is 4.98 Å². The SMILES string of the molecule is CC(C)(C)N([O])c1ccc(-c2ccccc2)cn1. The molecule has 1 heterocycles. The Morgan fingerprint density at radius 1 is 0.944 bits per heavy atom. The highest BCUT2D eigenvalue weighted by Gasteiger charge is 2.22. The van der Waals surface area contributed by atoms with Crippen LogP contribution < -0.4 is 5.06 Å². The van der Waals surface area contributed by atoms with Gasteiger partial charge in [0.2, 0.25) is 0 Å². The normalized spacial score (nSPS) is 11.3. The van der Waals surface area contributed by atoms with Gasteiger partial charge in [0.05, 0.1) is 5.54 Å².